The van der Waals surface area contributed by atoms with Crippen molar-refractivity contribution < 1.29 is 9.47 Å². The SMILES string of the molecule is NCc1ccc(COCC2CCCCO2)nc1. The minimum Gasteiger partial charge on any atom is -0.376 e. The zero-order valence-corrected chi connectivity index (χ0v) is 10.1. The highest BCUT2D eigenvalue weighted by atomic mass is 16.5. The number of pyridine rings is 1. The van der Waals surface area contributed by atoms with Gasteiger partial charge in [0.05, 0.1) is 25.0 Å². The Bertz CT molecular complexity index is 321. The Hall–Kier alpha value is -0.970. The van der Waals surface area contributed by atoms with Crippen LogP contribution in [0.1, 0.15) is 30.5 Å². The molecule has 0 aromatic carbocycles. The lowest BCUT2D eigenvalue weighted by Crippen LogP contribution is -2.24. The first-order chi connectivity index (χ1) is 8.38. The van der Waals surface area contributed by atoms with Crippen LogP contribution in [-0.4, -0.2) is 24.3 Å². The summed E-state index contributed by atoms with van der Waals surface area (Å²) in [5.41, 5.74) is 7.50. The van der Waals surface area contributed by atoms with Crippen molar-refractivity contribution in [1.82, 2.24) is 4.98 Å². The van der Waals surface area contributed by atoms with Crippen molar-refractivity contribution in [2.75, 3.05) is 13.2 Å². The number of rotatable bonds is 5. The maximum absolute atomic E-state index is 5.61. The Morgan fingerprint density at radius 2 is 2.35 bits per heavy atom. The van der Waals surface area contributed by atoms with E-state index in [1.807, 2.05) is 12.1 Å². The summed E-state index contributed by atoms with van der Waals surface area (Å²) >= 11 is 0. The van der Waals surface area contributed by atoms with Gasteiger partial charge in [0.2, 0.25) is 0 Å². The first kappa shape index (κ1) is 12.5. The Morgan fingerprint density at radius 1 is 1.41 bits per heavy atom. The molecule has 2 heterocycles. The van der Waals surface area contributed by atoms with Gasteiger partial charge in [0.25, 0.3) is 0 Å². The zero-order chi connectivity index (χ0) is 11.9. The fraction of sp³-hybridized carbons (Fsp3) is 0.615. The van der Waals surface area contributed by atoms with Gasteiger partial charge in [-0.3, -0.25) is 4.98 Å². The van der Waals surface area contributed by atoms with Crippen LogP contribution in [0.25, 0.3) is 0 Å². The van der Waals surface area contributed by atoms with Gasteiger partial charge in [0.15, 0.2) is 0 Å². The van der Waals surface area contributed by atoms with Gasteiger partial charge in [0, 0.05) is 19.3 Å². The summed E-state index contributed by atoms with van der Waals surface area (Å²) in [4.78, 5) is 4.29. The van der Waals surface area contributed by atoms with E-state index in [2.05, 4.69) is 4.98 Å². The van der Waals surface area contributed by atoms with Gasteiger partial charge in [0.1, 0.15) is 0 Å². The van der Waals surface area contributed by atoms with Gasteiger partial charge in [-0.15, -0.1) is 0 Å². The van der Waals surface area contributed by atoms with Crippen LogP contribution in [0.15, 0.2) is 18.3 Å². The van der Waals surface area contributed by atoms with E-state index in [0.29, 0.717) is 19.8 Å². The van der Waals surface area contributed by atoms with E-state index in [0.717, 1.165) is 24.3 Å². The van der Waals surface area contributed by atoms with Gasteiger partial charge in [-0.2, -0.15) is 0 Å². The van der Waals surface area contributed by atoms with Crippen molar-refractivity contribution in [3.05, 3.63) is 29.6 Å². The summed E-state index contributed by atoms with van der Waals surface area (Å²) < 4.78 is 11.2. The lowest BCUT2D eigenvalue weighted by molar-refractivity contribution is -0.0452. The van der Waals surface area contributed by atoms with Gasteiger partial charge in [-0.1, -0.05) is 6.07 Å². The molecule has 17 heavy (non-hydrogen) atoms. The molecule has 1 saturated heterocycles. The number of ether oxygens (including phenoxy) is 2. The quantitative estimate of drug-likeness (QED) is 0.844. The monoisotopic (exact) mass is 236 g/mol. The Labute approximate surface area is 102 Å². The fourth-order valence-electron chi connectivity index (χ4n) is 1.90. The predicted octanol–water partition coefficient (Wildman–Crippen LogP) is 1.63. The molecule has 0 aliphatic carbocycles. The molecule has 4 nitrogen and oxygen atoms in total. The van der Waals surface area contributed by atoms with Gasteiger partial charge in [-0.05, 0) is 30.9 Å². The van der Waals surface area contributed by atoms with E-state index in [1.165, 1.54) is 12.8 Å². The summed E-state index contributed by atoms with van der Waals surface area (Å²) in [6.07, 6.45) is 5.61. The number of hydrogen-bond acceptors (Lipinski definition) is 4. The number of hydrogen-bond donors (Lipinski definition) is 1. The zero-order valence-electron chi connectivity index (χ0n) is 10.1. The van der Waals surface area contributed by atoms with Crippen molar-refractivity contribution >= 4 is 0 Å². The third kappa shape index (κ3) is 4.07. The first-order valence-electron chi connectivity index (χ1n) is 6.21. The minimum atomic E-state index is 0.270. The molecule has 0 amide bonds. The highest BCUT2D eigenvalue weighted by Crippen LogP contribution is 2.13. The molecule has 0 bridgehead atoms. The molecule has 1 aromatic rings. The molecule has 0 radical (unpaired) electrons. The van der Waals surface area contributed by atoms with Crippen molar-refractivity contribution in [2.24, 2.45) is 5.73 Å². The largest absolute Gasteiger partial charge is 0.376 e. The van der Waals surface area contributed by atoms with E-state index < -0.39 is 0 Å². The minimum absolute atomic E-state index is 0.270. The highest BCUT2D eigenvalue weighted by molar-refractivity contribution is 5.13. The molecule has 1 aliphatic heterocycles. The molecule has 4 heteroatoms. The molecule has 0 saturated carbocycles. The second kappa shape index (κ2) is 6.69. The van der Waals surface area contributed by atoms with Crippen LogP contribution in [0.3, 0.4) is 0 Å². The fourth-order valence-corrected chi connectivity index (χ4v) is 1.90. The van der Waals surface area contributed by atoms with Crippen LogP contribution in [0.4, 0.5) is 0 Å². The molecule has 2 rings (SSSR count). The van der Waals surface area contributed by atoms with E-state index >= 15 is 0 Å². The summed E-state index contributed by atoms with van der Waals surface area (Å²) in [5.74, 6) is 0. The van der Waals surface area contributed by atoms with Gasteiger partial charge < -0.3 is 15.2 Å². The van der Waals surface area contributed by atoms with E-state index in [9.17, 15) is 0 Å². The molecule has 1 atom stereocenters. The van der Waals surface area contributed by atoms with E-state index in [-0.39, 0.29) is 6.10 Å². The van der Waals surface area contributed by atoms with E-state index in [1.54, 1.807) is 6.20 Å². The standard InChI is InChI=1S/C13H20N2O2/c14-7-11-4-5-12(15-8-11)9-16-10-13-3-1-2-6-17-13/h4-5,8,13H,1-3,6-7,9-10,14H2. The number of nitrogens with two attached hydrogens (primary N) is 1. The van der Waals surface area contributed by atoms with Crippen LogP contribution in [-0.2, 0) is 22.6 Å². The summed E-state index contributed by atoms with van der Waals surface area (Å²) in [6.45, 7) is 2.62. The third-order valence-electron chi connectivity index (χ3n) is 2.95. The molecule has 2 N–H and O–H groups in total. The second-order valence-corrected chi connectivity index (χ2v) is 4.37. The normalized spacial score (nSPS) is 20.4. The molecular formula is C13H20N2O2. The maximum Gasteiger partial charge on any atom is 0.0889 e. The average Bonchev–Trinajstić information content (AvgIpc) is 2.41. The van der Waals surface area contributed by atoms with Crippen molar-refractivity contribution in [3.8, 4) is 0 Å². The first-order valence-corrected chi connectivity index (χ1v) is 6.21. The molecule has 1 unspecified atom stereocenters. The predicted molar refractivity (Wildman–Crippen MR) is 65.4 cm³/mol. The molecular weight excluding hydrogens is 216 g/mol. The van der Waals surface area contributed by atoms with E-state index in [4.69, 9.17) is 15.2 Å². The molecule has 94 valence electrons. The number of aromatic nitrogens is 1. The lowest BCUT2D eigenvalue weighted by atomic mass is 10.1. The molecule has 1 aliphatic rings. The average molecular weight is 236 g/mol. The maximum atomic E-state index is 5.61. The Morgan fingerprint density at radius 3 is 3.00 bits per heavy atom. The summed E-state index contributed by atoms with van der Waals surface area (Å²) in [6, 6.07) is 3.95. The molecule has 1 aromatic heterocycles. The third-order valence-corrected chi connectivity index (χ3v) is 2.95. The van der Waals surface area contributed by atoms with Crippen molar-refractivity contribution in [1.29, 1.82) is 0 Å². The highest BCUT2D eigenvalue weighted by Gasteiger charge is 2.13. The molecule has 1 fully saturated rings. The Balaban J connectivity index is 1.69. The number of nitrogens with zero attached hydrogens (tertiary/aromatic N) is 1. The second-order valence-electron chi connectivity index (χ2n) is 4.37. The van der Waals surface area contributed by atoms with Crippen LogP contribution in [0, 0.1) is 0 Å². The van der Waals surface area contributed by atoms with Crippen LogP contribution in [0.5, 0.6) is 0 Å². The molecule has 0 spiro atoms. The van der Waals surface area contributed by atoms with Crippen LogP contribution in [0.2, 0.25) is 0 Å². The summed E-state index contributed by atoms with van der Waals surface area (Å²) in [7, 11) is 0. The van der Waals surface area contributed by atoms with Crippen LogP contribution >= 0.6 is 0 Å². The van der Waals surface area contributed by atoms with Gasteiger partial charge >= 0.3 is 0 Å². The van der Waals surface area contributed by atoms with Crippen molar-refractivity contribution in [3.63, 3.8) is 0 Å². The lowest BCUT2D eigenvalue weighted by Gasteiger charge is -2.22. The van der Waals surface area contributed by atoms with Crippen LogP contribution < -0.4 is 5.73 Å². The topological polar surface area (TPSA) is 57.4 Å². The Kier molecular flexibility index (Phi) is 4.91. The summed E-state index contributed by atoms with van der Waals surface area (Å²) in [5, 5.41) is 0. The smallest absolute Gasteiger partial charge is 0.0889 e. The van der Waals surface area contributed by atoms with Crippen molar-refractivity contribution in [2.45, 2.75) is 38.5 Å². The van der Waals surface area contributed by atoms with Gasteiger partial charge in [-0.25, -0.2) is 0 Å².